The molecule has 0 atom stereocenters. The number of hydrogen-bond acceptors (Lipinski definition) is 4. The van der Waals surface area contributed by atoms with E-state index in [4.69, 9.17) is 4.98 Å². The first-order valence-corrected chi connectivity index (χ1v) is 11.1. The second-order valence-corrected chi connectivity index (χ2v) is 9.12. The molecule has 3 nitrogen and oxygen atoms in total. The molecule has 3 aromatic rings. The maximum atomic E-state index is 13.1. The second-order valence-electron chi connectivity index (χ2n) is 6.16. The van der Waals surface area contributed by atoms with Gasteiger partial charge in [0, 0.05) is 22.4 Å². The summed E-state index contributed by atoms with van der Waals surface area (Å²) in [6.07, 6.45) is 0.871. The number of nitrogens with zero attached hydrogens (tertiary/aromatic N) is 2. The molecule has 2 heterocycles. The van der Waals surface area contributed by atoms with Crippen molar-refractivity contribution in [1.29, 1.82) is 0 Å². The second kappa shape index (κ2) is 7.62. The summed E-state index contributed by atoms with van der Waals surface area (Å²) in [5.74, 6) is 1.71. The van der Waals surface area contributed by atoms with Crippen LogP contribution >= 0.6 is 39.5 Å². The van der Waals surface area contributed by atoms with Gasteiger partial charge in [0.25, 0.3) is 5.56 Å². The molecule has 0 saturated carbocycles. The van der Waals surface area contributed by atoms with Crippen molar-refractivity contribution >= 4 is 39.5 Å². The number of aryl methyl sites for hydroxylation is 2. The van der Waals surface area contributed by atoms with E-state index in [-0.39, 0.29) is 5.56 Å². The molecule has 0 N–H and O–H groups in total. The molecule has 132 valence electrons. The Morgan fingerprint density at radius 2 is 1.88 bits per heavy atom. The van der Waals surface area contributed by atoms with Crippen LogP contribution in [0.1, 0.15) is 16.8 Å². The summed E-state index contributed by atoms with van der Waals surface area (Å²) in [6.45, 7) is 2.05. The Labute approximate surface area is 169 Å². The molecule has 0 saturated heterocycles. The van der Waals surface area contributed by atoms with Crippen molar-refractivity contribution in [3.63, 3.8) is 0 Å². The lowest BCUT2D eigenvalue weighted by Crippen LogP contribution is -2.23. The molecular weight excluding hydrogens is 428 g/mol. The fourth-order valence-electron chi connectivity index (χ4n) is 2.84. The van der Waals surface area contributed by atoms with E-state index in [1.54, 1.807) is 28.1 Å². The lowest BCUT2D eigenvalue weighted by atomic mass is 10.2. The molecule has 0 radical (unpaired) electrons. The summed E-state index contributed by atoms with van der Waals surface area (Å²) in [7, 11) is 0. The van der Waals surface area contributed by atoms with Gasteiger partial charge in [-0.1, -0.05) is 57.5 Å². The summed E-state index contributed by atoms with van der Waals surface area (Å²) in [5, 5.41) is 0.767. The number of hydrogen-bond donors (Lipinski definition) is 0. The standard InChI is InChI=1S/C20H17BrN2OS2/c1-13-2-8-16(9-3-13)23-19(24)18-17(10-11-25-18)22-20(23)26-12-14-4-6-15(21)7-5-14/h2-9H,10-12H2,1H3. The van der Waals surface area contributed by atoms with Crippen molar-refractivity contribution in [2.24, 2.45) is 0 Å². The highest BCUT2D eigenvalue weighted by molar-refractivity contribution is 9.10. The van der Waals surface area contributed by atoms with Crippen molar-refractivity contribution in [2.45, 2.75) is 29.1 Å². The summed E-state index contributed by atoms with van der Waals surface area (Å²) in [5.41, 5.74) is 4.26. The topological polar surface area (TPSA) is 34.9 Å². The predicted octanol–water partition coefficient (Wildman–Crippen LogP) is 5.24. The van der Waals surface area contributed by atoms with Gasteiger partial charge in [-0.3, -0.25) is 9.36 Å². The summed E-state index contributed by atoms with van der Waals surface area (Å²) < 4.78 is 2.83. The Bertz CT molecular complexity index is 998. The van der Waals surface area contributed by atoms with Gasteiger partial charge in [-0.2, -0.15) is 0 Å². The lowest BCUT2D eigenvalue weighted by Gasteiger charge is -2.14. The Kier molecular flexibility index (Phi) is 5.25. The molecule has 0 aliphatic carbocycles. The first kappa shape index (κ1) is 17.9. The maximum Gasteiger partial charge on any atom is 0.272 e. The number of rotatable bonds is 4. The van der Waals surface area contributed by atoms with Gasteiger partial charge in [-0.15, -0.1) is 11.8 Å². The minimum absolute atomic E-state index is 0.0552. The number of halogens is 1. The van der Waals surface area contributed by atoms with E-state index in [0.717, 1.165) is 43.8 Å². The smallest absolute Gasteiger partial charge is 0.268 e. The molecule has 2 aromatic carbocycles. The zero-order valence-corrected chi connectivity index (χ0v) is 17.5. The Morgan fingerprint density at radius 3 is 2.62 bits per heavy atom. The Morgan fingerprint density at radius 1 is 1.15 bits per heavy atom. The monoisotopic (exact) mass is 444 g/mol. The molecule has 0 unspecified atom stereocenters. The van der Waals surface area contributed by atoms with E-state index >= 15 is 0 Å². The van der Waals surface area contributed by atoms with Crippen molar-refractivity contribution in [1.82, 2.24) is 9.55 Å². The third-order valence-corrected chi connectivity index (χ3v) is 6.89. The van der Waals surface area contributed by atoms with Crippen LogP contribution in [0, 0.1) is 6.92 Å². The van der Waals surface area contributed by atoms with Crippen LogP contribution < -0.4 is 5.56 Å². The average Bonchev–Trinajstić information content (AvgIpc) is 3.11. The Balaban J connectivity index is 1.75. The molecular formula is C20H17BrN2OS2. The van der Waals surface area contributed by atoms with Crippen molar-refractivity contribution < 1.29 is 0 Å². The molecule has 0 bridgehead atoms. The van der Waals surface area contributed by atoms with Gasteiger partial charge in [0.15, 0.2) is 5.16 Å². The van der Waals surface area contributed by atoms with Crippen LogP contribution in [0.4, 0.5) is 0 Å². The fraction of sp³-hybridized carbons (Fsp3) is 0.200. The van der Waals surface area contributed by atoms with Crippen LogP contribution in [0.25, 0.3) is 5.69 Å². The number of benzene rings is 2. The largest absolute Gasteiger partial charge is 0.272 e. The zero-order chi connectivity index (χ0) is 18.1. The molecule has 6 heteroatoms. The number of thioether (sulfide) groups is 2. The van der Waals surface area contributed by atoms with E-state index in [2.05, 4.69) is 28.1 Å². The summed E-state index contributed by atoms with van der Waals surface area (Å²) in [6, 6.07) is 16.3. The third kappa shape index (κ3) is 3.63. The van der Waals surface area contributed by atoms with Gasteiger partial charge in [0.2, 0.25) is 0 Å². The van der Waals surface area contributed by atoms with Crippen LogP contribution in [0.3, 0.4) is 0 Å². The molecule has 1 aliphatic rings. The first-order valence-electron chi connectivity index (χ1n) is 8.35. The van der Waals surface area contributed by atoms with Gasteiger partial charge < -0.3 is 0 Å². The van der Waals surface area contributed by atoms with Gasteiger partial charge in [0.1, 0.15) is 0 Å². The van der Waals surface area contributed by atoms with Crippen LogP contribution in [0.2, 0.25) is 0 Å². The summed E-state index contributed by atoms with van der Waals surface area (Å²) >= 11 is 6.70. The normalized spacial score (nSPS) is 13.0. The van der Waals surface area contributed by atoms with E-state index in [1.165, 1.54) is 11.1 Å². The van der Waals surface area contributed by atoms with E-state index in [1.807, 2.05) is 43.3 Å². The maximum absolute atomic E-state index is 13.1. The Hall–Kier alpha value is -1.50. The van der Waals surface area contributed by atoms with Gasteiger partial charge in [-0.05, 0) is 36.8 Å². The third-order valence-electron chi connectivity index (χ3n) is 4.24. The van der Waals surface area contributed by atoms with E-state index in [0.29, 0.717) is 0 Å². The molecule has 26 heavy (non-hydrogen) atoms. The molecule has 0 amide bonds. The highest BCUT2D eigenvalue weighted by atomic mass is 79.9. The first-order chi connectivity index (χ1) is 12.6. The van der Waals surface area contributed by atoms with Crippen LogP contribution in [0.5, 0.6) is 0 Å². The predicted molar refractivity (Wildman–Crippen MR) is 113 cm³/mol. The summed E-state index contributed by atoms with van der Waals surface area (Å²) in [4.78, 5) is 18.8. The fourth-order valence-corrected chi connectivity index (χ4v) is 5.11. The molecule has 1 aromatic heterocycles. The number of aromatic nitrogens is 2. The van der Waals surface area contributed by atoms with Crippen LogP contribution in [-0.2, 0) is 12.2 Å². The molecule has 0 spiro atoms. The zero-order valence-electron chi connectivity index (χ0n) is 14.2. The van der Waals surface area contributed by atoms with E-state index in [9.17, 15) is 4.79 Å². The van der Waals surface area contributed by atoms with Crippen molar-refractivity contribution in [3.05, 3.63) is 80.2 Å². The van der Waals surface area contributed by atoms with Gasteiger partial charge in [0.05, 0.1) is 16.3 Å². The van der Waals surface area contributed by atoms with Crippen molar-refractivity contribution in [2.75, 3.05) is 5.75 Å². The van der Waals surface area contributed by atoms with Gasteiger partial charge in [-0.25, -0.2) is 4.98 Å². The van der Waals surface area contributed by atoms with Gasteiger partial charge >= 0.3 is 0 Å². The SMILES string of the molecule is Cc1ccc(-n2c(SCc3ccc(Br)cc3)nc3c(c2=O)SCC3)cc1. The average molecular weight is 445 g/mol. The highest BCUT2D eigenvalue weighted by Crippen LogP contribution is 2.31. The molecule has 0 fully saturated rings. The quantitative estimate of drug-likeness (QED) is 0.406. The minimum atomic E-state index is 0.0552. The molecule has 1 aliphatic heterocycles. The number of fused-ring (bicyclic) bond motifs is 1. The van der Waals surface area contributed by atoms with Crippen LogP contribution in [0.15, 0.2) is 67.9 Å². The minimum Gasteiger partial charge on any atom is -0.268 e. The van der Waals surface area contributed by atoms with E-state index < -0.39 is 0 Å². The van der Waals surface area contributed by atoms with Crippen LogP contribution in [-0.4, -0.2) is 15.3 Å². The highest BCUT2D eigenvalue weighted by Gasteiger charge is 2.22. The van der Waals surface area contributed by atoms with Crippen molar-refractivity contribution in [3.8, 4) is 5.69 Å². The lowest BCUT2D eigenvalue weighted by molar-refractivity contribution is 0.739. The molecule has 4 rings (SSSR count).